The van der Waals surface area contributed by atoms with E-state index in [0.717, 1.165) is 53.8 Å². The van der Waals surface area contributed by atoms with E-state index in [0.29, 0.717) is 16.2 Å². The number of nitriles is 1. The van der Waals surface area contributed by atoms with Crippen molar-refractivity contribution >= 4 is 5.82 Å². The van der Waals surface area contributed by atoms with Gasteiger partial charge in [-0.05, 0) is 72.0 Å². The third kappa shape index (κ3) is 0.500. The Balaban J connectivity index is 1.25. The summed E-state index contributed by atoms with van der Waals surface area (Å²) >= 11 is 0. The van der Waals surface area contributed by atoms with Gasteiger partial charge in [-0.2, -0.15) is 10.4 Å². The fraction of sp³-hybridized carbons (Fsp3) is 0.789. The normalized spacial score (nSPS) is 70.4. The third-order valence-electron chi connectivity index (χ3n) is 10.6. The average molecular weight is 302 g/mol. The molecule has 0 radical (unpaired) electrons. The third-order valence-corrected chi connectivity index (χ3v) is 10.6. The maximum atomic E-state index is 9.81. The molecule has 0 bridgehead atoms. The summed E-state index contributed by atoms with van der Waals surface area (Å²) < 4.78 is 2.12. The first-order valence-corrected chi connectivity index (χ1v) is 9.41. The zero-order chi connectivity index (χ0) is 14.9. The molecule has 23 heavy (non-hydrogen) atoms. The molecule has 6 unspecified atom stereocenters. The summed E-state index contributed by atoms with van der Waals surface area (Å²) in [4.78, 5) is 0. The molecule has 4 nitrogen and oxygen atoms in total. The van der Waals surface area contributed by atoms with E-state index in [1.165, 1.54) is 24.1 Å². The molecule has 1 heterocycles. The van der Waals surface area contributed by atoms with Crippen LogP contribution in [0.5, 0.6) is 0 Å². The maximum Gasteiger partial charge on any atom is 0.124 e. The van der Waals surface area contributed by atoms with Crippen LogP contribution in [0.1, 0.15) is 24.1 Å². The zero-order valence-corrected chi connectivity index (χ0v) is 13.1. The highest BCUT2D eigenvalue weighted by molar-refractivity contribution is 5.81. The Labute approximate surface area is 134 Å². The Morgan fingerprint density at radius 1 is 1.22 bits per heavy atom. The largest absolute Gasteiger partial charge is 0.384 e. The van der Waals surface area contributed by atoms with Crippen LogP contribution >= 0.6 is 0 Å². The molecule has 9 rings (SSSR count). The average Bonchev–Trinajstić information content (AvgIpc) is 3.40. The Morgan fingerprint density at radius 3 is 2.52 bits per heavy atom. The van der Waals surface area contributed by atoms with Crippen molar-refractivity contribution in [1.29, 1.82) is 5.26 Å². The highest BCUT2D eigenvalue weighted by Crippen LogP contribution is 3.30. The van der Waals surface area contributed by atoms with E-state index in [-0.39, 0.29) is 5.41 Å². The topological polar surface area (TPSA) is 67.6 Å². The summed E-state index contributed by atoms with van der Waals surface area (Å²) in [7, 11) is 0. The van der Waals surface area contributed by atoms with Crippen LogP contribution in [0.15, 0.2) is 0 Å². The second kappa shape index (κ2) is 2.13. The van der Waals surface area contributed by atoms with Crippen molar-refractivity contribution in [2.45, 2.75) is 31.7 Å². The lowest BCUT2D eigenvalue weighted by Crippen LogP contribution is -2.86. The molecule has 8 fully saturated rings. The van der Waals surface area contributed by atoms with Crippen molar-refractivity contribution in [3.8, 4) is 6.07 Å². The monoisotopic (exact) mass is 302 g/mol. The minimum Gasteiger partial charge on any atom is -0.384 e. The van der Waals surface area contributed by atoms with Crippen LogP contribution in [-0.4, -0.2) is 9.78 Å². The molecular formula is C19H18N4. The van der Waals surface area contributed by atoms with E-state index in [2.05, 4.69) is 17.7 Å². The standard InChI is InChI=1S/C19H18N4/c1-6-12(22-23(13(6)21)4-7-2-3-7)17-10-8-16(5-20)9-11(17)19(9)14(16)18(8,10)15(17)19/h7-11,14-15H,2-4,21H2,1H3. The van der Waals surface area contributed by atoms with Crippen LogP contribution in [0.4, 0.5) is 5.82 Å². The molecule has 0 aromatic carbocycles. The second-order valence-electron chi connectivity index (χ2n) is 10.2. The molecule has 4 heteroatoms. The number of rotatable bonds is 3. The van der Waals surface area contributed by atoms with Crippen molar-refractivity contribution in [2.75, 3.05) is 5.73 Å². The molecular weight excluding hydrogens is 284 g/mol. The number of nitrogens with two attached hydrogens (primary N) is 1. The van der Waals surface area contributed by atoms with Gasteiger partial charge in [0.25, 0.3) is 0 Å². The summed E-state index contributed by atoms with van der Waals surface area (Å²) in [6, 6.07) is 2.81. The SMILES string of the molecule is Cc1c(C23C4C5C6(C#N)C7C2C72C6C54C32)nn(CC2CC2)c1N. The number of hydrogen-bond donors (Lipinski definition) is 1. The van der Waals surface area contributed by atoms with Crippen LogP contribution in [0, 0.1) is 75.9 Å². The van der Waals surface area contributed by atoms with Crippen molar-refractivity contribution in [2.24, 2.45) is 57.7 Å². The van der Waals surface area contributed by atoms with Crippen LogP contribution < -0.4 is 5.73 Å². The molecule has 8 aliphatic carbocycles. The number of nitrogens with zero attached hydrogens (tertiary/aromatic N) is 3. The first-order chi connectivity index (χ1) is 11.2. The van der Waals surface area contributed by atoms with Gasteiger partial charge >= 0.3 is 0 Å². The van der Waals surface area contributed by atoms with E-state index < -0.39 is 0 Å². The van der Waals surface area contributed by atoms with Crippen LogP contribution in [0.3, 0.4) is 0 Å². The molecule has 2 spiro atoms. The molecule has 8 aliphatic rings. The smallest absolute Gasteiger partial charge is 0.124 e. The van der Waals surface area contributed by atoms with E-state index in [1.807, 2.05) is 0 Å². The van der Waals surface area contributed by atoms with Gasteiger partial charge in [-0.25, -0.2) is 4.68 Å². The lowest BCUT2D eigenvalue weighted by molar-refractivity contribution is -0.383. The van der Waals surface area contributed by atoms with Crippen molar-refractivity contribution in [3.63, 3.8) is 0 Å². The minimum absolute atomic E-state index is 0.155. The van der Waals surface area contributed by atoms with Crippen LogP contribution in [-0.2, 0) is 12.0 Å². The lowest BCUT2D eigenvalue weighted by Gasteiger charge is -2.85. The van der Waals surface area contributed by atoms with E-state index in [1.54, 1.807) is 0 Å². The van der Waals surface area contributed by atoms with E-state index in [9.17, 15) is 5.26 Å². The summed E-state index contributed by atoms with van der Waals surface area (Å²) in [5, 5.41) is 14.9. The highest BCUT2D eigenvalue weighted by Gasteiger charge is 3.31. The van der Waals surface area contributed by atoms with Crippen LogP contribution in [0.2, 0.25) is 0 Å². The summed E-state index contributed by atoms with van der Waals surface area (Å²) in [6.45, 7) is 3.23. The molecule has 1 aromatic rings. The molecule has 8 saturated carbocycles. The van der Waals surface area contributed by atoms with Crippen molar-refractivity contribution in [1.82, 2.24) is 9.78 Å². The maximum absolute atomic E-state index is 9.81. The second-order valence-corrected chi connectivity index (χ2v) is 10.2. The Hall–Kier alpha value is -1.50. The number of hydrogen-bond acceptors (Lipinski definition) is 3. The van der Waals surface area contributed by atoms with E-state index >= 15 is 0 Å². The van der Waals surface area contributed by atoms with Gasteiger partial charge in [-0.15, -0.1) is 0 Å². The number of anilines is 1. The number of aromatic nitrogens is 2. The summed E-state index contributed by atoms with van der Waals surface area (Å²) in [5.41, 5.74) is 10.9. The molecule has 2 N–H and O–H groups in total. The predicted molar refractivity (Wildman–Crippen MR) is 79.6 cm³/mol. The van der Waals surface area contributed by atoms with Gasteiger partial charge in [0.1, 0.15) is 5.82 Å². The molecule has 0 aliphatic heterocycles. The fourth-order valence-corrected chi connectivity index (χ4v) is 10.8. The Bertz CT molecular complexity index is 946. The quantitative estimate of drug-likeness (QED) is 0.924. The number of nitrogen functional groups attached to an aromatic ring is 1. The Morgan fingerprint density at radius 2 is 1.91 bits per heavy atom. The highest BCUT2D eigenvalue weighted by atomic mass is 15.4. The van der Waals surface area contributed by atoms with E-state index in [4.69, 9.17) is 10.8 Å². The van der Waals surface area contributed by atoms with Gasteiger partial charge in [0.15, 0.2) is 0 Å². The summed E-state index contributed by atoms with van der Waals surface area (Å²) in [6.07, 6.45) is 2.69. The molecule has 6 atom stereocenters. The van der Waals surface area contributed by atoms with Gasteiger partial charge in [-0.1, -0.05) is 0 Å². The minimum atomic E-state index is 0.155. The first-order valence-electron chi connectivity index (χ1n) is 9.41. The Kier molecular flexibility index (Phi) is 0.961. The summed E-state index contributed by atoms with van der Waals surface area (Å²) in [5.74, 6) is 6.63. The van der Waals surface area contributed by atoms with Gasteiger partial charge in [0.05, 0.1) is 17.2 Å². The van der Waals surface area contributed by atoms with Crippen molar-refractivity contribution in [3.05, 3.63) is 11.3 Å². The lowest BCUT2D eigenvalue weighted by atomic mass is 9.16. The molecule has 1 aromatic heterocycles. The molecule has 0 amide bonds. The fourth-order valence-electron chi connectivity index (χ4n) is 10.8. The first kappa shape index (κ1) is 10.4. The number of fused-ring (bicyclic) bond motifs is 6. The zero-order valence-electron chi connectivity index (χ0n) is 13.1. The van der Waals surface area contributed by atoms with Gasteiger partial charge in [0, 0.05) is 17.5 Å². The van der Waals surface area contributed by atoms with Gasteiger partial charge in [0.2, 0.25) is 0 Å². The molecule has 0 saturated heterocycles. The van der Waals surface area contributed by atoms with Crippen molar-refractivity contribution < 1.29 is 0 Å². The van der Waals surface area contributed by atoms with Gasteiger partial charge in [-0.3, -0.25) is 0 Å². The van der Waals surface area contributed by atoms with Crippen LogP contribution in [0.25, 0.3) is 0 Å². The predicted octanol–water partition coefficient (Wildman–Crippen LogP) is 1.70. The molecule has 114 valence electrons. The van der Waals surface area contributed by atoms with Gasteiger partial charge < -0.3 is 5.73 Å².